The molecule has 0 heterocycles. The van der Waals surface area contributed by atoms with Crippen LogP contribution in [-0.4, -0.2) is 71.4 Å². The van der Waals surface area contributed by atoms with Gasteiger partial charge in [0.25, 0.3) is 0 Å². The number of hydrogen-bond donors (Lipinski definition) is 6. The van der Waals surface area contributed by atoms with E-state index in [0.717, 1.165) is 22.8 Å². The number of nitrogens with two attached hydrogens (primary N) is 1. The summed E-state index contributed by atoms with van der Waals surface area (Å²) in [5.41, 5.74) is 5.89. The van der Waals surface area contributed by atoms with Gasteiger partial charge in [0.1, 0.15) is 23.4 Å². The van der Waals surface area contributed by atoms with Crippen LogP contribution in [0.15, 0.2) is 66.7 Å². The summed E-state index contributed by atoms with van der Waals surface area (Å²) in [7, 11) is 0. The fourth-order valence-corrected chi connectivity index (χ4v) is 6.28. The zero-order valence-electron chi connectivity index (χ0n) is 28.2. The first-order valence-corrected chi connectivity index (χ1v) is 16.8. The maximum absolute atomic E-state index is 13.9. The van der Waals surface area contributed by atoms with Crippen molar-refractivity contribution in [1.82, 2.24) is 21.3 Å². The molecule has 5 amide bonds. The Kier molecular flexibility index (Phi) is 13.3. The molecule has 3 aromatic rings. The summed E-state index contributed by atoms with van der Waals surface area (Å²) in [4.78, 5) is 75.8. The number of hydrogen-bond acceptors (Lipinski definition) is 7. The largest absolute Gasteiger partial charge is 0.482 e. The Morgan fingerprint density at radius 1 is 0.860 bits per heavy atom. The second-order valence-corrected chi connectivity index (χ2v) is 12.6. The molecular formula is C37H45N5O8. The highest BCUT2D eigenvalue weighted by Gasteiger charge is 2.43. The quantitative estimate of drug-likeness (QED) is 0.116. The van der Waals surface area contributed by atoms with E-state index in [-0.39, 0.29) is 6.42 Å². The van der Waals surface area contributed by atoms with Crippen molar-refractivity contribution in [2.75, 3.05) is 13.2 Å². The molecule has 1 fully saturated rings. The molecule has 13 nitrogen and oxygen atoms in total. The van der Waals surface area contributed by atoms with Crippen LogP contribution >= 0.6 is 0 Å². The van der Waals surface area contributed by atoms with Crippen molar-refractivity contribution in [2.45, 2.75) is 82.3 Å². The maximum Gasteiger partial charge on any atom is 0.341 e. The van der Waals surface area contributed by atoms with Gasteiger partial charge in [0.15, 0.2) is 6.61 Å². The number of carboxylic acid groups (broad SMARTS) is 1. The van der Waals surface area contributed by atoms with Crippen molar-refractivity contribution in [3.05, 3.63) is 77.9 Å². The molecule has 266 valence electrons. The molecule has 0 radical (unpaired) electrons. The van der Waals surface area contributed by atoms with E-state index in [0.29, 0.717) is 56.4 Å². The number of nitrogens with one attached hydrogen (secondary N) is 4. The average Bonchev–Trinajstić information content (AvgIpc) is 3.09. The zero-order valence-corrected chi connectivity index (χ0v) is 28.2. The third-order valence-corrected chi connectivity index (χ3v) is 8.75. The van der Waals surface area contributed by atoms with E-state index in [1.54, 1.807) is 24.3 Å². The molecule has 4 rings (SSSR count). The van der Waals surface area contributed by atoms with Gasteiger partial charge in [-0.1, -0.05) is 73.9 Å². The number of amides is 5. The second-order valence-electron chi connectivity index (χ2n) is 12.6. The maximum atomic E-state index is 13.9. The Balaban J connectivity index is 1.41. The Hall–Kier alpha value is -5.46. The number of carbonyl (C=O) groups excluding carboxylic acids is 5. The summed E-state index contributed by atoms with van der Waals surface area (Å²) in [6.45, 7) is 1.08. The molecular weight excluding hydrogens is 642 g/mol. The number of carbonyl (C=O) groups is 6. The first kappa shape index (κ1) is 37.4. The number of fused-ring (bicyclic) bond motifs is 1. The Morgan fingerprint density at radius 3 is 2.24 bits per heavy atom. The van der Waals surface area contributed by atoms with E-state index in [1.165, 1.54) is 6.92 Å². The molecule has 1 saturated carbocycles. The molecule has 0 saturated heterocycles. The number of aryl methyl sites for hydroxylation is 1. The molecule has 1 aliphatic rings. The lowest BCUT2D eigenvalue weighted by Gasteiger charge is -2.38. The minimum absolute atomic E-state index is 0.0772. The van der Waals surface area contributed by atoms with Crippen LogP contribution in [-0.2, 0) is 41.6 Å². The van der Waals surface area contributed by atoms with Gasteiger partial charge in [-0.2, -0.15) is 0 Å². The first-order chi connectivity index (χ1) is 24.0. The predicted octanol–water partition coefficient (Wildman–Crippen LogP) is 2.28. The van der Waals surface area contributed by atoms with E-state index < -0.39 is 66.2 Å². The number of benzene rings is 3. The normalized spacial score (nSPS) is 14.8. The van der Waals surface area contributed by atoms with Crippen molar-refractivity contribution in [1.29, 1.82) is 0 Å². The lowest BCUT2D eigenvalue weighted by molar-refractivity contribution is -0.139. The number of aliphatic carboxylic acids is 1. The highest BCUT2D eigenvalue weighted by atomic mass is 16.5. The van der Waals surface area contributed by atoms with Gasteiger partial charge in [0.05, 0.1) is 6.42 Å². The number of primary amides is 1. The van der Waals surface area contributed by atoms with Gasteiger partial charge in [-0.05, 0) is 59.7 Å². The minimum Gasteiger partial charge on any atom is -0.482 e. The summed E-state index contributed by atoms with van der Waals surface area (Å²) >= 11 is 0. The highest BCUT2D eigenvalue weighted by molar-refractivity contribution is 5.98. The van der Waals surface area contributed by atoms with Crippen LogP contribution < -0.4 is 31.7 Å². The fraction of sp³-hybridized carbons (Fsp3) is 0.405. The van der Waals surface area contributed by atoms with E-state index in [9.17, 15) is 28.8 Å². The molecule has 13 heteroatoms. The molecule has 0 aromatic heterocycles. The third kappa shape index (κ3) is 10.8. The molecule has 2 atom stereocenters. The van der Waals surface area contributed by atoms with Crippen LogP contribution in [0.25, 0.3) is 10.8 Å². The van der Waals surface area contributed by atoms with Gasteiger partial charge in [-0.25, -0.2) is 4.79 Å². The lowest BCUT2D eigenvalue weighted by atomic mass is 9.80. The van der Waals surface area contributed by atoms with Crippen molar-refractivity contribution in [2.24, 2.45) is 5.73 Å². The third-order valence-electron chi connectivity index (χ3n) is 8.75. The summed E-state index contributed by atoms with van der Waals surface area (Å²) in [5.74, 6) is -3.77. The van der Waals surface area contributed by atoms with Crippen LogP contribution in [0.5, 0.6) is 5.75 Å². The van der Waals surface area contributed by atoms with Crippen LogP contribution in [0.2, 0.25) is 0 Å². The van der Waals surface area contributed by atoms with E-state index in [2.05, 4.69) is 27.3 Å². The van der Waals surface area contributed by atoms with Gasteiger partial charge in [0.2, 0.25) is 29.5 Å². The van der Waals surface area contributed by atoms with Crippen LogP contribution in [0.3, 0.4) is 0 Å². The van der Waals surface area contributed by atoms with Gasteiger partial charge < -0.3 is 36.8 Å². The predicted molar refractivity (Wildman–Crippen MR) is 186 cm³/mol. The Labute approximate surface area is 290 Å². The molecule has 0 aliphatic heterocycles. The average molecular weight is 688 g/mol. The zero-order chi connectivity index (χ0) is 36.1. The number of ether oxygens (including phenoxy) is 1. The molecule has 1 aliphatic carbocycles. The summed E-state index contributed by atoms with van der Waals surface area (Å²) in [6, 6.07) is 18.3. The molecule has 0 spiro atoms. The van der Waals surface area contributed by atoms with Gasteiger partial charge >= 0.3 is 5.97 Å². The van der Waals surface area contributed by atoms with E-state index in [1.807, 2.05) is 36.4 Å². The summed E-state index contributed by atoms with van der Waals surface area (Å²) in [6.07, 6.45) is 3.69. The Morgan fingerprint density at radius 2 is 1.56 bits per heavy atom. The Bertz CT molecular complexity index is 1680. The molecule has 0 bridgehead atoms. The molecule has 50 heavy (non-hydrogen) atoms. The van der Waals surface area contributed by atoms with E-state index in [4.69, 9.17) is 15.6 Å². The first-order valence-electron chi connectivity index (χ1n) is 16.8. The number of rotatable bonds is 17. The van der Waals surface area contributed by atoms with Crippen molar-refractivity contribution in [3.63, 3.8) is 0 Å². The van der Waals surface area contributed by atoms with Crippen LogP contribution in [0.4, 0.5) is 0 Å². The van der Waals surface area contributed by atoms with Crippen LogP contribution in [0, 0.1) is 0 Å². The monoisotopic (exact) mass is 687 g/mol. The summed E-state index contributed by atoms with van der Waals surface area (Å²) < 4.78 is 5.16. The van der Waals surface area contributed by atoms with Crippen LogP contribution in [0.1, 0.15) is 63.0 Å². The highest BCUT2D eigenvalue weighted by Crippen LogP contribution is 2.29. The summed E-state index contributed by atoms with van der Waals surface area (Å²) in [5, 5.41) is 22.1. The molecule has 7 N–H and O–H groups in total. The standard InChI is InChI=1S/C37H45N5O8/c1-24(43)40-30(21-25-14-16-28(17-15-25)50-23-33(45)46)35(48)42-37(18-5-2-6-19-37)36(49)41-31(22-32(38)44)34(47)39-20-8-12-27-11-7-10-26-9-3-4-13-29(26)27/h3-4,7,9-11,13-17,30-31H,2,5-6,8,12,18-23H2,1H3,(H2,38,44)(H,39,47)(H,40,43)(H,41,49)(H,42,48)(H,45,46)/t30-,31+/m1/s1. The second kappa shape index (κ2) is 17.8. The number of carboxylic acids is 1. The van der Waals surface area contributed by atoms with Crippen molar-refractivity contribution >= 4 is 46.3 Å². The van der Waals surface area contributed by atoms with Gasteiger partial charge in [-0.3, -0.25) is 24.0 Å². The fourth-order valence-electron chi connectivity index (χ4n) is 6.28. The lowest BCUT2D eigenvalue weighted by Crippen LogP contribution is -2.65. The SMILES string of the molecule is CC(=O)N[C@H](Cc1ccc(OCC(=O)O)cc1)C(=O)NC1(C(=O)N[C@@H](CC(N)=O)C(=O)NCCCc2cccc3ccccc23)CCCCC1. The topological polar surface area (TPSA) is 206 Å². The van der Waals surface area contributed by atoms with Gasteiger partial charge in [-0.15, -0.1) is 0 Å². The molecule has 0 unspecified atom stereocenters. The molecule has 3 aromatic carbocycles. The van der Waals surface area contributed by atoms with E-state index >= 15 is 0 Å². The van der Waals surface area contributed by atoms with Gasteiger partial charge in [0, 0.05) is 19.9 Å². The van der Waals surface area contributed by atoms with Crippen molar-refractivity contribution in [3.8, 4) is 5.75 Å². The minimum atomic E-state index is -1.38. The smallest absolute Gasteiger partial charge is 0.341 e. The van der Waals surface area contributed by atoms with Crippen molar-refractivity contribution < 1.29 is 38.6 Å².